The van der Waals surface area contributed by atoms with E-state index >= 15 is 0 Å². The minimum Gasteiger partial charge on any atom is -0.277 e. The number of nitrogens with one attached hydrogen (secondary N) is 1. The van der Waals surface area contributed by atoms with E-state index < -0.39 is 19.9 Å². The fourth-order valence-electron chi connectivity index (χ4n) is 4.16. The monoisotopic (exact) mass is 642 g/mol. The van der Waals surface area contributed by atoms with Gasteiger partial charge < -0.3 is 0 Å². The van der Waals surface area contributed by atoms with Crippen molar-refractivity contribution in [2.45, 2.75) is 41.8 Å². The predicted octanol–water partition coefficient (Wildman–Crippen LogP) is 7.01. The number of aromatic nitrogens is 1. The number of hydrogen-bond acceptors (Lipinski definition) is 11. The Morgan fingerprint density at radius 1 is 1.00 bits per heavy atom. The van der Waals surface area contributed by atoms with Gasteiger partial charge in [0.25, 0.3) is 11.4 Å². The van der Waals surface area contributed by atoms with Crippen LogP contribution in [0.1, 0.15) is 33.3 Å². The Labute approximate surface area is 257 Å². The topological polar surface area (TPSA) is 161 Å². The van der Waals surface area contributed by atoms with E-state index in [1.807, 2.05) is 52.0 Å². The van der Waals surface area contributed by atoms with Crippen LogP contribution in [0, 0.1) is 32.1 Å². The molecule has 0 bridgehead atoms. The van der Waals surface area contributed by atoms with Gasteiger partial charge >= 0.3 is 0 Å². The Morgan fingerprint density at radius 3 is 2.33 bits per heavy atom. The zero-order valence-corrected chi connectivity index (χ0v) is 26.3. The minimum atomic E-state index is -4.14. The van der Waals surface area contributed by atoms with Gasteiger partial charge in [0.15, 0.2) is 4.34 Å². The van der Waals surface area contributed by atoms with E-state index in [2.05, 4.69) is 15.5 Å². The van der Waals surface area contributed by atoms with Gasteiger partial charge in [-0.2, -0.15) is 9.41 Å². The van der Waals surface area contributed by atoms with Gasteiger partial charge in [0.2, 0.25) is 10.0 Å². The molecule has 0 saturated carbocycles. The Hall–Kier alpha value is -3.92. The van der Waals surface area contributed by atoms with Crippen LogP contribution in [0.3, 0.4) is 0 Å². The first kappa shape index (κ1) is 32.0. The van der Waals surface area contributed by atoms with E-state index in [-0.39, 0.29) is 46.9 Å². The summed E-state index contributed by atoms with van der Waals surface area (Å²) in [5.74, 6) is 0.0430. The molecule has 1 N–H and O–H groups in total. The van der Waals surface area contributed by atoms with Crippen molar-refractivity contribution >= 4 is 66.6 Å². The standard InChI is InChI=1S/C28H30N6O6S3/c1-18(2)16-32(17-19(3)4)43(39,40)27-14-21(33(35)36)10-11-23(27)31-29-15-20-9-12-26(24(13-20)34(37)38)42-28-30-22-7-5-6-8-25(22)41-28/h5-15,18-19,31H,16-17H2,1-4H3/b29-15-. The first-order chi connectivity index (χ1) is 20.3. The smallest absolute Gasteiger partial charge is 0.277 e. The van der Waals surface area contributed by atoms with E-state index in [1.165, 1.54) is 51.8 Å². The van der Waals surface area contributed by atoms with Crippen molar-refractivity contribution < 1.29 is 18.3 Å². The molecule has 15 heteroatoms. The number of nitro groups is 2. The average Bonchev–Trinajstić information content (AvgIpc) is 3.35. The molecular weight excluding hydrogens is 613 g/mol. The summed E-state index contributed by atoms with van der Waals surface area (Å²) >= 11 is 2.64. The van der Waals surface area contributed by atoms with Crippen LogP contribution >= 0.6 is 23.1 Å². The summed E-state index contributed by atoms with van der Waals surface area (Å²) in [6, 6.07) is 15.7. The molecule has 43 heavy (non-hydrogen) atoms. The number of thiazole rings is 1. The van der Waals surface area contributed by atoms with Gasteiger partial charge in [0, 0.05) is 36.9 Å². The van der Waals surface area contributed by atoms with Crippen LogP contribution in [-0.4, -0.2) is 46.9 Å². The Kier molecular flexibility index (Phi) is 10.1. The molecule has 0 atom stereocenters. The average molecular weight is 643 g/mol. The van der Waals surface area contributed by atoms with Crippen LogP contribution < -0.4 is 5.43 Å². The maximum Gasteiger partial charge on any atom is 0.283 e. The highest BCUT2D eigenvalue weighted by Crippen LogP contribution is 2.39. The van der Waals surface area contributed by atoms with E-state index in [9.17, 15) is 28.6 Å². The number of anilines is 1. The maximum absolute atomic E-state index is 13.7. The van der Waals surface area contributed by atoms with Crippen molar-refractivity contribution in [3.8, 4) is 0 Å². The molecule has 226 valence electrons. The van der Waals surface area contributed by atoms with Crippen LogP contribution in [0.5, 0.6) is 0 Å². The third-order valence-corrected chi connectivity index (χ3v) is 10.0. The summed E-state index contributed by atoms with van der Waals surface area (Å²) in [6.07, 6.45) is 1.32. The molecule has 0 aliphatic heterocycles. The van der Waals surface area contributed by atoms with Crippen LogP contribution in [0.25, 0.3) is 10.2 Å². The largest absolute Gasteiger partial charge is 0.283 e. The van der Waals surface area contributed by atoms with Gasteiger partial charge in [-0.15, -0.1) is 11.3 Å². The molecule has 0 fully saturated rings. The van der Waals surface area contributed by atoms with Crippen molar-refractivity contribution in [3.63, 3.8) is 0 Å². The van der Waals surface area contributed by atoms with Crippen LogP contribution in [-0.2, 0) is 10.0 Å². The number of para-hydroxylation sites is 1. The van der Waals surface area contributed by atoms with Gasteiger partial charge in [-0.25, -0.2) is 13.4 Å². The van der Waals surface area contributed by atoms with Crippen molar-refractivity contribution in [3.05, 3.63) is 86.5 Å². The fourth-order valence-corrected chi connectivity index (χ4v) is 8.20. The van der Waals surface area contributed by atoms with Crippen molar-refractivity contribution in [1.82, 2.24) is 9.29 Å². The number of non-ortho nitro benzene ring substituents is 1. The van der Waals surface area contributed by atoms with Crippen molar-refractivity contribution in [1.29, 1.82) is 0 Å². The number of sulfonamides is 1. The summed E-state index contributed by atoms with van der Waals surface area (Å²) in [6.45, 7) is 8.03. The molecule has 0 saturated heterocycles. The number of nitro benzene ring substituents is 2. The van der Waals surface area contributed by atoms with E-state index in [1.54, 1.807) is 12.1 Å². The molecule has 0 spiro atoms. The highest BCUT2D eigenvalue weighted by atomic mass is 32.2. The van der Waals surface area contributed by atoms with Crippen LogP contribution in [0.4, 0.5) is 17.1 Å². The molecule has 1 heterocycles. The summed E-state index contributed by atoms with van der Waals surface area (Å²) in [4.78, 5) is 26.9. The molecule has 4 rings (SSSR count). The Balaban J connectivity index is 1.62. The highest BCUT2D eigenvalue weighted by Gasteiger charge is 2.30. The molecule has 3 aromatic carbocycles. The fraction of sp³-hybridized carbons (Fsp3) is 0.286. The van der Waals surface area contributed by atoms with Crippen LogP contribution in [0.2, 0.25) is 0 Å². The molecule has 0 aliphatic carbocycles. The number of fused-ring (bicyclic) bond motifs is 1. The van der Waals surface area contributed by atoms with Gasteiger partial charge in [-0.3, -0.25) is 25.7 Å². The van der Waals surface area contributed by atoms with Gasteiger partial charge in [-0.05, 0) is 36.1 Å². The van der Waals surface area contributed by atoms with Gasteiger partial charge in [0.05, 0.1) is 36.9 Å². The third kappa shape index (κ3) is 7.93. The number of benzene rings is 3. The first-order valence-electron chi connectivity index (χ1n) is 13.2. The molecular formula is C28H30N6O6S3. The maximum atomic E-state index is 13.7. The summed E-state index contributed by atoms with van der Waals surface area (Å²) in [5, 5.41) is 27.5. The summed E-state index contributed by atoms with van der Waals surface area (Å²) < 4.78 is 30.4. The molecule has 0 aliphatic rings. The Morgan fingerprint density at radius 2 is 1.70 bits per heavy atom. The molecule has 1 aromatic heterocycles. The highest BCUT2D eigenvalue weighted by molar-refractivity contribution is 8.01. The number of rotatable bonds is 13. The van der Waals surface area contributed by atoms with E-state index in [4.69, 9.17) is 0 Å². The van der Waals surface area contributed by atoms with Gasteiger partial charge in [-0.1, -0.05) is 57.7 Å². The summed E-state index contributed by atoms with van der Waals surface area (Å²) in [5.41, 5.74) is 3.41. The minimum absolute atomic E-state index is 0.0215. The lowest BCUT2D eigenvalue weighted by atomic mass is 10.2. The zero-order valence-electron chi connectivity index (χ0n) is 23.8. The second-order valence-electron chi connectivity index (χ2n) is 10.5. The molecule has 12 nitrogen and oxygen atoms in total. The van der Waals surface area contributed by atoms with E-state index in [0.29, 0.717) is 14.8 Å². The number of hydrazone groups is 1. The normalized spacial score (nSPS) is 12.2. The quantitative estimate of drug-likeness (QED) is 0.0918. The molecule has 0 radical (unpaired) electrons. The second-order valence-corrected chi connectivity index (χ2v) is 14.7. The van der Waals surface area contributed by atoms with Gasteiger partial charge in [0.1, 0.15) is 4.90 Å². The number of hydrogen-bond donors (Lipinski definition) is 1. The predicted molar refractivity (Wildman–Crippen MR) is 170 cm³/mol. The lowest BCUT2D eigenvalue weighted by Crippen LogP contribution is -2.37. The SMILES string of the molecule is CC(C)CN(CC(C)C)S(=O)(=O)c1cc([N+](=O)[O-])ccc1N/N=C\c1ccc(Sc2nc3ccccc3s2)c([N+](=O)[O-])c1. The number of nitrogens with zero attached hydrogens (tertiary/aromatic N) is 5. The van der Waals surface area contributed by atoms with E-state index in [0.717, 1.165) is 16.3 Å². The zero-order chi connectivity index (χ0) is 31.3. The Bertz CT molecular complexity index is 1750. The first-order valence-corrected chi connectivity index (χ1v) is 16.3. The second kappa shape index (κ2) is 13.6. The molecule has 0 unspecified atom stereocenters. The lowest BCUT2D eigenvalue weighted by Gasteiger charge is -2.26. The lowest BCUT2D eigenvalue weighted by molar-refractivity contribution is -0.387. The molecule has 4 aromatic rings. The molecule has 0 amide bonds. The third-order valence-electron chi connectivity index (χ3n) is 5.98. The van der Waals surface area contributed by atoms with Crippen molar-refractivity contribution in [2.24, 2.45) is 16.9 Å². The van der Waals surface area contributed by atoms with Crippen LogP contribution in [0.15, 0.2) is 79.9 Å². The van der Waals surface area contributed by atoms with Crippen molar-refractivity contribution in [2.75, 3.05) is 18.5 Å². The summed E-state index contributed by atoms with van der Waals surface area (Å²) in [7, 11) is -4.14.